The summed E-state index contributed by atoms with van der Waals surface area (Å²) >= 11 is 7.94. The Labute approximate surface area is 182 Å². The summed E-state index contributed by atoms with van der Waals surface area (Å²) in [5, 5.41) is 0.649. The van der Waals surface area contributed by atoms with E-state index in [0.29, 0.717) is 18.0 Å². The normalized spacial score (nSPS) is 26.6. The van der Waals surface area contributed by atoms with E-state index in [1.165, 1.54) is 19.3 Å². The molecule has 0 aliphatic carbocycles. The first-order chi connectivity index (χ1) is 14.1. The summed E-state index contributed by atoms with van der Waals surface area (Å²) in [6.45, 7) is 4.56. The second-order valence-electron chi connectivity index (χ2n) is 8.36. The van der Waals surface area contributed by atoms with Gasteiger partial charge in [-0.1, -0.05) is 18.0 Å². The number of amides is 2. The van der Waals surface area contributed by atoms with Crippen molar-refractivity contribution >= 4 is 40.9 Å². The summed E-state index contributed by atoms with van der Waals surface area (Å²) in [6.07, 6.45) is 5.20. The molecule has 3 fully saturated rings. The van der Waals surface area contributed by atoms with Crippen molar-refractivity contribution in [2.45, 2.75) is 38.1 Å². The molecule has 0 spiro atoms. The summed E-state index contributed by atoms with van der Waals surface area (Å²) in [5.74, 6) is 2.07. The smallest absolute Gasteiger partial charge is 0.228 e. The Morgan fingerprint density at radius 1 is 1.07 bits per heavy atom. The summed E-state index contributed by atoms with van der Waals surface area (Å²) in [6, 6.07) is 7.55. The van der Waals surface area contributed by atoms with E-state index in [-0.39, 0.29) is 23.8 Å². The van der Waals surface area contributed by atoms with Crippen molar-refractivity contribution in [3.8, 4) is 0 Å². The van der Waals surface area contributed by atoms with Gasteiger partial charge in [0.2, 0.25) is 11.8 Å². The van der Waals surface area contributed by atoms with Crippen LogP contribution in [0.5, 0.6) is 0 Å². The Kier molecular flexibility index (Phi) is 7.04. The van der Waals surface area contributed by atoms with Gasteiger partial charge in [0.25, 0.3) is 0 Å². The zero-order chi connectivity index (χ0) is 20.2. The van der Waals surface area contributed by atoms with Gasteiger partial charge in [0.05, 0.1) is 12.0 Å². The lowest BCUT2D eigenvalue weighted by Gasteiger charge is -2.36. The van der Waals surface area contributed by atoms with E-state index < -0.39 is 0 Å². The fourth-order valence-electron chi connectivity index (χ4n) is 4.69. The molecule has 2 amide bonds. The molecule has 3 aliphatic heterocycles. The van der Waals surface area contributed by atoms with Crippen molar-refractivity contribution in [3.05, 3.63) is 29.3 Å². The topological polar surface area (TPSA) is 43.9 Å². The summed E-state index contributed by atoms with van der Waals surface area (Å²) < 4.78 is 0. The van der Waals surface area contributed by atoms with Crippen LogP contribution in [0, 0.1) is 5.92 Å². The fraction of sp³-hybridized carbons (Fsp3) is 0.636. The van der Waals surface area contributed by atoms with Crippen LogP contribution in [-0.4, -0.2) is 71.9 Å². The molecule has 7 heteroatoms. The number of anilines is 1. The molecule has 0 aromatic heterocycles. The Hall–Kier alpha value is -1.24. The Balaban J connectivity index is 1.44. The van der Waals surface area contributed by atoms with Crippen LogP contribution in [0.3, 0.4) is 0 Å². The first kappa shape index (κ1) is 21.0. The molecule has 4 rings (SSSR count). The molecule has 29 heavy (non-hydrogen) atoms. The molecule has 0 N–H and O–H groups in total. The van der Waals surface area contributed by atoms with Gasteiger partial charge in [0.15, 0.2) is 0 Å². The Bertz CT molecular complexity index is 723. The molecule has 2 unspecified atom stereocenters. The molecule has 1 aromatic rings. The maximum absolute atomic E-state index is 13.5. The zero-order valence-electron chi connectivity index (χ0n) is 16.9. The highest BCUT2D eigenvalue weighted by Crippen LogP contribution is 2.29. The molecule has 0 radical (unpaired) electrons. The molecule has 5 nitrogen and oxygen atoms in total. The quantitative estimate of drug-likeness (QED) is 0.725. The van der Waals surface area contributed by atoms with E-state index in [1.807, 2.05) is 23.9 Å². The zero-order valence-corrected chi connectivity index (χ0v) is 18.5. The Morgan fingerprint density at radius 3 is 2.59 bits per heavy atom. The van der Waals surface area contributed by atoms with Crippen LogP contribution in [0.25, 0.3) is 0 Å². The number of rotatable bonds is 4. The second kappa shape index (κ2) is 9.71. The number of carbonyl (C=O) groups is 2. The lowest BCUT2D eigenvalue weighted by molar-refractivity contribution is -0.138. The third-order valence-corrected chi connectivity index (χ3v) is 7.70. The van der Waals surface area contributed by atoms with E-state index in [4.69, 9.17) is 11.6 Å². The molecule has 158 valence electrons. The average Bonchev–Trinajstić information content (AvgIpc) is 2.97. The summed E-state index contributed by atoms with van der Waals surface area (Å²) in [4.78, 5) is 32.5. The molecule has 3 saturated heterocycles. The van der Waals surface area contributed by atoms with Gasteiger partial charge in [-0.15, -0.1) is 0 Å². The lowest BCUT2D eigenvalue weighted by Crippen LogP contribution is -2.51. The number of carbonyl (C=O) groups excluding carboxylic acids is 2. The second-order valence-corrected chi connectivity index (χ2v) is 9.94. The number of piperidine rings is 1. The van der Waals surface area contributed by atoms with Crippen LogP contribution < -0.4 is 4.90 Å². The van der Waals surface area contributed by atoms with Crippen LogP contribution in [0.2, 0.25) is 5.02 Å². The number of thioether (sulfide) groups is 1. The van der Waals surface area contributed by atoms with Gasteiger partial charge in [0, 0.05) is 42.5 Å². The van der Waals surface area contributed by atoms with Crippen molar-refractivity contribution in [1.82, 2.24) is 9.80 Å². The largest absolute Gasteiger partial charge is 0.337 e. The number of hydrogen-bond donors (Lipinski definition) is 0. The van der Waals surface area contributed by atoms with Gasteiger partial charge in [-0.05, 0) is 62.4 Å². The monoisotopic (exact) mass is 435 g/mol. The van der Waals surface area contributed by atoms with Crippen molar-refractivity contribution < 1.29 is 9.59 Å². The molecular formula is C22H30ClN3O2S. The van der Waals surface area contributed by atoms with Gasteiger partial charge in [0.1, 0.15) is 0 Å². The number of nitrogens with zero attached hydrogens (tertiary/aromatic N) is 3. The molecule has 3 heterocycles. The third kappa shape index (κ3) is 5.09. The fourth-order valence-corrected chi connectivity index (χ4v) is 5.87. The van der Waals surface area contributed by atoms with Crippen LogP contribution in [0.4, 0.5) is 5.69 Å². The molecule has 1 aromatic carbocycles. The third-order valence-electron chi connectivity index (χ3n) is 6.25. The molecule has 2 atom stereocenters. The van der Waals surface area contributed by atoms with Gasteiger partial charge < -0.3 is 14.7 Å². The standard InChI is InChI=1S/C22H30ClN3O2S/c23-18-5-7-19(8-6-18)26-14-17(13-21(26)27)22(28)25-11-4-12-29-16-20(25)15-24-9-2-1-3-10-24/h5-8,17,20H,1-4,9-16H2. The number of likely N-dealkylation sites (tertiary alicyclic amines) is 1. The first-order valence-electron chi connectivity index (χ1n) is 10.8. The highest BCUT2D eigenvalue weighted by atomic mass is 35.5. The molecule has 3 aliphatic rings. The average molecular weight is 436 g/mol. The molecule has 0 bridgehead atoms. The van der Waals surface area contributed by atoms with Gasteiger partial charge in [-0.25, -0.2) is 0 Å². The van der Waals surface area contributed by atoms with Crippen LogP contribution >= 0.6 is 23.4 Å². The number of halogens is 1. The van der Waals surface area contributed by atoms with Crippen molar-refractivity contribution in [2.75, 3.05) is 49.1 Å². The number of benzene rings is 1. The van der Waals surface area contributed by atoms with Gasteiger partial charge >= 0.3 is 0 Å². The SMILES string of the molecule is O=C1CC(C(=O)N2CCCSCC2CN2CCCCC2)CN1c1ccc(Cl)cc1. The van der Waals surface area contributed by atoms with Crippen molar-refractivity contribution in [3.63, 3.8) is 0 Å². The predicted octanol–water partition coefficient (Wildman–Crippen LogP) is 3.51. The minimum absolute atomic E-state index is 0.0300. The molecule has 0 saturated carbocycles. The van der Waals surface area contributed by atoms with Gasteiger partial charge in [-0.2, -0.15) is 11.8 Å². The van der Waals surface area contributed by atoms with Gasteiger partial charge in [-0.3, -0.25) is 9.59 Å². The maximum atomic E-state index is 13.5. The van der Waals surface area contributed by atoms with E-state index in [9.17, 15) is 9.59 Å². The van der Waals surface area contributed by atoms with E-state index in [2.05, 4.69) is 9.80 Å². The van der Waals surface area contributed by atoms with E-state index in [1.54, 1.807) is 17.0 Å². The van der Waals surface area contributed by atoms with Crippen molar-refractivity contribution in [1.29, 1.82) is 0 Å². The Morgan fingerprint density at radius 2 is 1.83 bits per heavy atom. The van der Waals surface area contributed by atoms with Crippen LogP contribution in [-0.2, 0) is 9.59 Å². The highest BCUT2D eigenvalue weighted by Gasteiger charge is 2.39. The summed E-state index contributed by atoms with van der Waals surface area (Å²) in [7, 11) is 0. The molecular weight excluding hydrogens is 406 g/mol. The minimum atomic E-state index is -0.245. The lowest BCUT2D eigenvalue weighted by atomic mass is 10.0. The van der Waals surface area contributed by atoms with Crippen molar-refractivity contribution in [2.24, 2.45) is 5.92 Å². The highest BCUT2D eigenvalue weighted by molar-refractivity contribution is 7.99. The number of hydrogen-bond acceptors (Lipinski definition) is 4. The maximum Gasteiger partial charge on any atom is 0.228 e. The summed E-state index contributed by atoms with van der Waals surface area (Å²) in [5.41, 5.74) is 0.825. The minimum Gasteiger partial charge on any atom is -0.337 e. The van der Waals surface area contributed by atoms with Crippen LogP contribution in [0.15, 0.2) is 24.3 Å². The van der Waals surface area contributed by atoms with Crippen LogP contribution in [0.1, 0.15) is 32.1 Å². The van der Waals surface area contributed by atoms with E-state index >= 15 is 0 Å². The first-order valence-corrected chi connectivity index (χ1v) is 12.3. The predicted molar refractivity (Wildman–Crippen MR) is 120 cm³/mol. The van der Waals surface area contributed by atoms with E-state index in [0.717, 1.165) is 49.8 Å².